The smallest absolute Gasteiger partial charge is 0.330 e. The molecule has 0 bridgehead atoms. The van der Waals surface area contributed by atoms with Crippen LogP contribution in [0.3, 0.4) is 0 Å². The number of aliphatic hydroxyl groups is 2. The van der Waals surface area contributed by atoms with Crippen molar-refractivity contribution in [2.75, 3.05) is 0 Å². The van der Waals surface area contributed by atoms with Gasteiger partial charge in [-0.3, -0.25) is 4.79 Å². The number of hydrogen-bond acceptors (Lipinski definition) is 6. The highest BCUT2D eigenvalue weighted by molar-refractivity contribution is 5.83. The van der Waals surface area contributed by atoms with Gasteiger partial charge in [-0.1, -0.05) is 30.3 Å². The molecule has 1 heterocycles. The molecule has 6 heteroatoms. The van der Waals surface area contributed by atoms with Crippen molar-refractivity contribution >= 4 is 11.9 Å². The summed E-state index contributed by atoms with van der Waals surface area (Å²) >= 11 is 0. The molecular weight excluding hydrogens is 276 g/mol. The molecule has 1 aliphatic rings. The molecule has 1 aromatic rings. The Morgan fingerprint density at radius 1 is 1.33 bits per heavy atom. The molecule has 21 heavy (non-hydrogen) atoms. The lowest BCUT2D eigenvalue weighted by molar-refractivity contribution is -0.176. The molecule has 2 rings (SSSR count). The summed E-state index contributed by atoms with van der Waals surface area (Å²) in [6.45, 7) is 1.21. The summed E-state index contributed by atoms with van der Waals surface area (Å²) in [5.41, 5.74) is 0.540. The molecule has 1 aliphatic heterocycles. The fourth-order valence-corrected chi connectivity index (χ4v) is 2.13. The summed E-state index contributed by atoms with van der Waals surface area (Å²) in [5.74, 6) is -1.26. The molecule has 0 saturated heterocycles. The predicted octanol–water partition coefficient (Wildman–Crippen LogP) is 0.494. The average molecular weight is 292 g/mol. The third-order valence-corrected chi connectivity index (χ3v) is 3.09. The van der Waals surface area contributed by atoms with Crippen LogP contribution in [0, 0.1) is 0 Å². The Balaban J connectivity index is 2.26. The van der Waals surface area contributed by atoms with Crippen molar-refractivity contribution < 1.29 is 29.3 Å². The largest absolute Gasteiger partial charge is 0.455 e. The third kappa shape index (κ3) is 3.68. The molecule has 1 aromatic carbocycles. The molecule has 0 fully saturated rings. The number of carbonyl (C=O) groups is 2. The second kappa shape index (κ2) is 6.51. The van der Waals surface area contributed by atoms with Crippen LogP contribution in [0.5, 0.6) is 0 Å². The summed E-state index contributed by atoms with van der Waals surface area (Å²) in [7, 11) is 0. The van der Waals surface area contributed by atoms with Crippen LogP contribution < -0.4 is 0 Å². The van der Waals surface area contributed by atoms with Gasteiger partial charge in [0.2, 0.25) is 0 Å². The number of cyclic esters (lactones) is 1. The van der Waals surface area contributed by atoms with E-state index in [9.17, 15) is 19.8 Å². The number of ether oxygens (including phenoxy) is 2. The summed E-state index contributed by atoms with van der Waals surface area (Å²) < 4.78 is 10.0. The Hall–Kier alpha value is -2.18. The highest BCUT2D eigenvalue weighted by Crippen LogP contribution is 2.27. The zero-order chi connectivity index (χ0) is 15.4. The van der Waals surface area contributed by atoms with Crippen LogP contribution in [0.1, 0.15) is 18.6 Å². The van der Waals surface area contributed by atoms with Crippen molar-refractivity contribution in [2.24, 2.45) is 0 Å². The molecule has 4 atom stereocenters. The number of aliphatic hydroxyl groups excluding tert-OH is 2. The van der Waals surface area contributed by atoms with E-state index in [2.05, 4.69) is 0 Å². The first kappa shape index (κ1) is 15.2. The number of rotatable bonds is 4. The quantitative estimate of drug-likeness (QED) is 0.785. The first-order valence-corrected chi connectivity index (χ1v) is 6.46. The highest BCUT2D eigenvalue weighted by Gasteiger charge is 2.38. The van der Waals surface area contributed by atoms with Gasteiger partial charge in [0.25, 0.3) is 0 Å². The lowest BCUT2D eigenvalue weighted by Gasteiger charge is -2.32. The summed E-state index contributed by atoms with van der Waals surface area (Å²) in [5, 5.41) is 20.2. The van der Waals surface area contributed by atoms with E-state index in [0.717, 1.165) is 6.08 Å². The van der Waals surface area contributed by atoms with Crippen LogP contribution in [-0.2, 0) is 19.1 Å². The zero-order valence-corrected chi connectivity index (χ0v) is 11.4. The molecule has 0 unspecified atom stereocenters. The summed E-state index contributed by atoms with van der Waals surface area (Å²) in [4.78, 5) is 22.5. The maximum atomic E-state index is 11.3. The van der Waals surface area contributed by atoms with Gasteiger partial charge in [-0.25, -0.2) is 4.79 Å². The topological polar surface area (TPSA) is 93.1 Å². The predicted molar refractivity (Wildman–Crippen MR) is 72.0 cm³/mol. The third-order valence-electron chi connectivity index (χ3n) is 3.09. The molecule has 2 N–H and O–H groups in total. The molecule has 0 saturated carbocycles. The molecule has 112 valence electrons. The standard InChI is InChI=1S/C15H16O6/c1-9(16)20-14(10-5-3-2-4-6-10)13(19)15-11(17)7-8-12(18)21-15/h2-8,11,13-15,17,19H,1H3/t11-,13+,14+,15+/m1/s1. The summed E-state index contributed by atoms with van der Waals surface area (Å²) in [6.07, 6.45) is -2.48. The monoisotopic (exact) mass is 292 g/mol. The number of benzene rings is 1. The molecular formula is C15H16O6. The van der Waals surface area contributed by atoms with Crippen molar-refractivity contribution in [3.05, 3.63) is 48.0 Å². The van der Waals surface area contributed by atoms with E-state index in [4.69, 9.17) is 9.47 Å². The average Bonchev–Trinajstić information content (AvgIpc) is 2.47. The van der Waals surface area contributed by atoms with E-state index in [1.54, 1.807) is 30.3 Å². The van der Waals surface area contributed by atoms with Gasteiger partial charge in [-0.15, -0.1) is 0 Å². The van der Waals surface area contributed by atoms with Gasteiger partial charge in [-0.05, 0) is 11.6 Å². The first-order chi connectivity index (χ1) is 9.99. The maximum Gasteiger partial charge on any atom is 0.330 e. The van der Waals surface area contributed by atoms with E-state index in [-0.39, 0.29) is 0 Å². The van der Waals surface area contributed by atoms with E-state index in [1.807, 2.05) is 0 Å². The van der Waals surface area contributed by atoms with Crippen LogP contribution in [0.2, 0.25) is 0 Å². The van der Waals surface area contributed by atoms with E-state index >= 15 is 0 Å². The zero-order valence-electron chi connectivity index (χ0n) is 11.4. The minimum Gasteiger partial charge on any atom is -0.455 e. The van der Waals surface area contributed by atoms with Crippen molar-refractivity contribution in [1.82, 2.24) is 0 Å². The van der Waals surface area contributed by atoms with Gasteiger partial charge < -0.3 is 19.7 Å². The second-order valence-corrected chi connectivity index (χ2v) is 4.68. The molecule has 0 spiro atoms. The van der Waals surface area contributed by atoms with Gasteiger partial charge in [-0.2, -0.15) is 0 Å². The molecule has 0 radical (unpaired) electrons. The Morgan fingerprint density at radius 2 is 2.00 bits per heavy atom. The van der Waals surface area contributed by atoms with Gasteiger partial charge in [0.05, 0.1) is 0 Å². The lowest BCUT2D eigenvalue weighted by atomic mass is 9.96. The van der Waals surface area contributed by atoms with Crippen molar-refractivity contribution in [2.45, 2.75) is 31.3 Å². The lowest BCUT2D eigenvalue weighted by Crippen LogP contribution is -2.46. The van der Waals surface area contributed by atoms with Crippen LogP contribution in [0.4, 0.5) is 0 Å². The summed E-state index contributed by atoms with van der Waals surface area (Å²) in [6, 6.07) is 8.57. The number of esters is 2. The van der Waals surface area contributed by atoms with Crippen LogP contribution >= 0.6 is 0 Å². The normalized spacial score (nSPS) is 24.0. The Bertz CT molecular complexity index is 538. The van der Waals surface area contributed by atoms with Gasteiger partial charge in [0.15, 0.2) is 12.2 Å². The SMILES string of the molecule is CC(=O)O[C@@H](c1ccccc1)[C@H](O)[C@H]1OC(=O)C=C[C@H]1O. The van der Waals surface area contributed by atoms with E-state index < -0.39 is 36.4 Å². The fraction of sp³-hybridized carbons (Fsp3) is 0.333. The molecule has 0 aliphatic carbocycles. The van der Waals surface area contributed by atoms with Crippen molar-refractivity contribution in [1.29, 1.82) is 0 Å². The molecule has 0 amide bonds. The molecule has 6 nitrogen and oxygen atoms in total. The minimum absolute atomic E-state index is 0.540. The minimum atomic E-state index is -1.39. The second-order valence-electron chi connectivity index (χ2n) is 4.68. The number of carbonyl (C=O) groups excluding carboxylic acids is 2. The first-order valence-electron chi connectivity index (χ1n) is 6.46. The van der Waals surface area contributed by atoms with Gasteiger partial charge >= 0.3 is 11.9 Å². The van der Waals surface area contributed by atoms with Crippen LogP contribution in [0.15, 0.2) is 42.5 Å². The van der Waals surface area contributed by atoms with Crippen LogP contribution in [-0.4, -0.2) is 40.5 Å². The Labute approximate surface area is 121 Å². The van der Waals surface area contributed by atoms with E-state index in [1.165, 1.54) is 13.0 Å². The molecule has 0 aromatic heterocycles. The van der Waals surface area contributed by atoms with Gasteiger partial charge in [0, 0.05) is 13.0 Å². The van der Waals surface area contributed by atoms with Crippen molar-refractivity contribution in [3.8, 4) is 0 Å². The highest BCUT2D eigenvalue weighted by atomic mass is 16.6. The Kier molecular flexibility index (Phi) is 4.72. The maximum absolute atomic E-state index is 11.3. The number of hydrogen-bond donors (Lipinski definition) is 2. The van der Waals surface area contributed by atoms with Crippen molar-refractivity contribution in [3.63, 3.8) is 0 Å². The van der Waals surface area contributed by atoms with E-state index in [0.29, 0.717) is 5.56 Å². The van der Waals surface area contributed by atoms with Gasteiger partial charge in [0.1, 0.15) is 12.2 Å². The Morgan fingerprint density at radius 3 is 2.62 bits per heavy atom. The van der Waals surface area contributed by atoms with Crippen LogP contribution in [0.25, 0.3) is 0 Å². The fourth-order valence-electron chi connectivity index (χ4n) is 2.13.